The van der Waals surface area contributed by atoms with Crippen molar-refractivity contribution < 1.29 is 9.59 Å². The van der Waals surface area contributed by atoms with Gasteiger partial charge in [0, 0.05) is 24.7 Å². The summed E-state index contributed by atoms with van der Waals surface area (Å²) in [6, 6.07) is 7.23. The van der Waals surface area contributed by atoms with Gasteiger partial charge in [0.05, 0.1) is 6.42 Å². The van der Waals surface area contributed by atoms with Gasteiger partial charge in [-0.25, -0.2) is 0 Å². The molecule has 0 aliphatic heterocycles. The Morgan fingerprint density at radius 3 is 2.30 bits per heavy atom. The molecule has 0 bridgehead atoms. The summed E-state index contributed by atoms with van der Waals surface area (Å²) in [6.45, 7) is 0.953. The number of anilines is 1. The first-order valence-corrected chi connectivity index (χ1v) is 6.54. The summed E-state index contributed by atoms with van der Waals surface area (Å²) in [7, 11) is 0. The van der Waals surface area contributed by atoms with Crippen molar-refractivity contribution in [1.29, 1.82) is 0 Å². The van der Waals surface area contributed by atoms with Gasteiger partial charge in [0.1, 0.15) is 0 Å². The maximum atomic E-state index is 11.6. The highest BCUT2D eigenvalue weighted by molar-refractivity contribution is 5.85. The monoisotopic (exact) mass is 297 g/mol. The van der Waals surface area contributed by atoms with Crippen LogP contribution >= 0.6 is 12.4 Å². The SMILES string of the molecule is Cl.Nc1ccc(CC(=O)NCCNC(=O)C2CC2)cc1. The minimum Gasteiger partial charge on any atom is -0.399 e. The molecular weight excluding hydrogens is 278 g/mol. The van der Waals surface area contributed by atoms with Crippen molar-refractivity contribution in [3.63, 3.8) is 0 Å². The molecule has 0 atom stereocenters. The molecule has 1 fully saturated rings. The van der Waals surface area contributed by atoms with Gasteiger partial charge >= 0.3 is 0 Å². The highest BCUT2D eigenvalue weighted by atomic mass is 35.5. The minimum atomic E-state index is -0.0505. The Kier molecular flexibility index (Phi) is 6.31. The first kappa shape index (κ1) is 16.3. The lowest BCUT2D eigenvalue weighted by atomic mass is 10.1. The summed E-state index contributed by atoms with van der Waals surface area (Å²) >= 11 is 0. The third-order valence-corrected chi connectivity index (χ3v) is 3.04. The van der Waals surface area contributed by atoms with E-state index in [1.54, 1.807) is 12.1 Å². The van der Waals surface area contributed by atoms with Crippen molar-refractivity contribution in [2.24, 2.45) is 5.92 Å². The molecule has 0 unspecified atom stereocenters. The van der Waals surface area contributed by atoms with Crippen molar-refractivity contribution in [3.05, 3.63) is 29.8 Å². The van der Waals surface area contributed by atoms with Crippen LogP contribution in [-0.4, -0.2) is 24.9 Å². The second-order valence-corrected chi connectivity index (χ2v) is 4.83. The van der Waals surface area contributed by atoms with Crippen LogP contribution in [0.2, 0.25) is 0 Å². The predicted octanol–water partition coefficient (Wildman–Crippen LogP) is 0.875. The van der Waals surface area contributed by atoms with Crippen LogP contribution in [0.5, 0.6) is 0 Å². The summed E-state index contributed by atoms with van der Waals surface area (Å²) in [5.74, 6) is 0.267. The number of nitrogens with two attached hydrogens (primary N) is 1. The van der Waals surface area contributed by atoms with Crippen LogP contribution in [0.15, 0.2) is 24.3 Å². The lowest BCUT2D eigenvalue weighted by molar-refractivity contribution is -0.123. The van der Waals surface area contributed by atoms with Crippen molar-refractivity contribution in [3.8, 4) is 0 Å². The van der Waals surface area contributed by atoms with Crippen LogP contribution in [0.3, 0.4) is 0 Å². The van der Waals surface area contributed by atoms with Gasteiger partial charge in [0.2, 0.25) is 11.8 Å². The third kappa shape index (κ3) is 5.48. The van der Waals surface area contributed by atoms with E-state index in [1.165, 1.54) is 0 Å². The summed E-state index contributed by atoms with van der Waals surface area (Å²) in [5, 5.41) is 5.58. The molecular formula is C14H20ClN3O2. The molecule has 20 heavy (non-hydrogen) atoms. The third-order valence-electron chi connectivity index (χ3n) is 3.04. The molecule has 1 aromatic rings. The Labute approximate surface area is 124 Å². The van der Waals surface area contributed by atoms with E-state index in [0.29, 0.717) is 25.2 Å². The number of nitrogens with one attached hydrogen (secondary N) is 2. The summed E-state index contributed by atoms with van der Waals surface area (Å²) in [4.78, 5) is 23.0. The molecule has 0 aromatic heterocycles. The minimum absolute atomic E-state index is 0. The van der Waals surface area contributed by atoms with Gasteiger partial charge in [-0.3, -0.25) is 9.59 Å². The normalized spacial score (nSPS) is 13.2. The second-order valence-electron chi connectivity index (χ2n) is 4.83. The second kappa shape index (κ2) is 7.75. The highest BCUT2D eigenvalue weighted by Crippen LogP contribution is 2.28. The molecule has 1 saturated carbocycles. The quantitative estimate of drug-likeness (QED) is 0.538. The Morgan fingerprint density at radius 1 is 1.10 bits per heavy atom. The Hall–Kier alpha value is -1.75. The van der Waals surface area contributed by atoms with Gasteiger partial charge in [0.25, 0.3) is 0 Å². The standard InChI is InChI=1S/C14H19N3O2.ClH/c15-12-5-1-10(2-6-12)9-13(18)16-7-8-17-14(19)11-3-4-11;/h1-2,5-6,11H,3-4,7-9,15H2,(H,16,18)(H,17,19);1H. The average molecular weight is 298 g/mol. The van der Waals surface area contributed by atoms with Crippen molar-refractivity contribution in [2.45, 2.75) is 19.3 Å². The maximum absolute atomic E-state index is 11.6. The number of halogens is 1. The molecule has 5 nitrogen and oxygen atoms in total. The number of rotatable bonds is 6. The summed E-state index contributed by atoms with van der Waals surface area (Å²) < 4.78 is 0. The molecule has 1 aliphatic carbocycles. The number of carbonyl (C=O) groups is 2. The number of nitrogen functional groups attached to an aromatic ring is 1. The van der Waals surface area contributed by atoms with E-state index in [1.807, 2.05) is 12.1 Å². The van der Waals surface area contributed by atoms with Crippen molar-refractivity contribution in [1.82, 2.24) is 10.6 Å². The topological polar surface area (TPSA) is 84.2 Å². The van der Waals surface area contributed by atoms with Gasteiger partial charge in [-0.1, -0.05) is 12.1 Å². The van der Waals surface area contributed by atoms with Crippen LogP contribution < -0.4 is 16.4 Å². The largest absolute Gasteiger partial charge is 0.399 e. The first-order valence-electron chi connectivity index (χ1n) is 6.54. The van der Waals surface area contributed by atoms with Crippen LogP contribution in [0.1, 0.15) is 18.4 Å². The highest BCUT2D eigenvalue weighted by Gasteiger charge is 2.28. The molecule has 110 valence electrons. The molecule has 2 amide bonds. The van der Waals surface area contributed by atoms with Crippen LogP contribution in [-0.2, 0) is 16.0 Å². The lowest BCUT2D eigenvalue weighted by Crippen LogP contribution is -2.35. The molecule has 0 heterocycles. The smallest absolute Gasteiger partial charge is 0.224 e. The van der Waals surface area contributed by atoms with Crippen LogP contribution in [0, 0.1) is 5.92 Å². The zero-order valence-electron chi connectivity index (χ0n) is 11.2. The van der Waals surface area contributed by atoms with E-state index in [4.69, 9.17) is 5.73 Å². The number of amides is 2. The zero-order valence-corrected chi connectivity index (χ0v) is 12.0. The molecule has 1 aliphatic rings. The number of hydrogen-bond acceptors (Lipinski definition) is 3. The van der Waals surface area contributed by atoms with Crippen molar-refractivity contribution in [2.75, 3.05) is 18.8 Å². The molecule has 2 rings (SSSR count). The van der Waals surface area contributed by atoms with Gasteiger partial charge in [-0.15, -0.1) is 12.4 Å². The predicted molar refractivity (Wildman–Crippen MR) is 80.5 cm³/mol. The average Bonchev–Trinajstić information content (AvgIpc) is 3.21. The fourth-order valence-corrected chi connectivity index (χ4v) is 1.76. The Morgan fingerprint density at radius 2 is 1.70 bits per heavy atom. The van der Waals surface area contributed by atoms with Crippen LogP contribution in [0.4, 0.5) is 5.69 Å². The van der Waals surface area contributed by atoms with E-state index in [0.717, 1.165) is 18.4 Å². The maximum Gasteiger partial charge on any atom is 0.224 e. The van der Waals surface area contributed by atoms with Gasteiger partial charge in [0.15, 0.2) is 0 Å². The molecule has 0 saturated heterocycles. The number of hydrogen-bond donors (Lipinski definition) is 3. The van der Waals surface area contributed by atoms with E-state index >= 15 is 0 Å². The molecule has 6 heteroatoms. The number of carbonyl (C=O) groups excluding carboxylic acids is 2. The first-order chi connectivity index (χ1) is 9.15. The van der Waals surface area contributed by atoms with Gasteiger partial charge in [-0.05, 0) is 30.5 Å². The Bertz CT molecular complexity index is 458. The molecule has 4 N–H and O–H groups in total. The summed E-state index contributed by atoms with van der Waals surface area (Å²) in [6.07, 6.45) is 2.32. The lowest BCUT2D eigenvalue weighted by Gasteiger charge is -2.07. The van der Waals surface area contributed by atoms with E-state index in [2.05, 4.69) is 10.6 Å². The van der Waals surface area contributed by atoms with Crippen molar-refractivity contribution >= 4 is 29.9 Å². The molecule has 0 spiro atoms. The zero-order chi connectivity index (χ0) is 13.7. The van der Waals surface area contributed by atoms with E-state index in [9.17, 15) is 9.59 Å². The number of benzene rings is 1. The fraction of sp³-hybridized carbons (Fsp3) is 0.429. The fourth-order valence-electron chi connectivity index (χ4n) is 1.76. The van der Waals surface area contributed by atoms with E-state index in [-0.39, 0.29) is 30.1 Å². The van der Waals surface area contributed by atoms with E-state index < -0.39 is 0 Å². The van der Waals surface area contributed by atoms with Gasteiger partial charge < -0.3 is 16.4 Å². The van der Waals surface area contributed by atoms with Crippen LogP contribution in [0.25, 0.3) is 0 Å². The summed E-state index contributed by atoms with van der Waals surface area (Å²) in [5.41, 5.74) is 7.18. The molecule has 0 radical (unpaired) electrons. The van der Waals surface area contributed by atoms with Gasteiger partial charge in [-0.2, -0.15) is 0 Å². The Balaban J connectivity index is 0.00000200. The molecule has 1 aromatic carbocycles.